The van der Waals surface area contributed by atoms with E-state index in [0.29, 0.717) is 6.04 Å². The average molecular weight is 245 g/mol. The predicted octanol–water partition coefficient (Wildman–Crippen LogP) is 2.99. The number of hydrogen-bond acceptors (Lipinski definition) is 2. The lowest BCUT2D eigenvalue weighted by atomic mass is 10.1. The van der Waals surface area contributed by atoms with Gasteiger partial charge in [0.15, 0.2) is 0 Å². The summed E-state index contributed by atoms with van der Waals surface area (Å²) in [6.07, 6.45) is 2.15. The van der Waals surface area contributed by atoms with Gasteiger partial charge in [-0.05, 0) is 26.0 Å². The van der Waals surface area contributed by atoms with Gasteiger partial charge in [-0.15, -0.1) is 0 Å². The first-order valence-electron chi connectivity index (χ1n) is 6.97. The van der Waals surface area contributed by atoms with Crippen molar-refractivity contribution in [1.82, 2.24) is 15.1 Å². The number of hydrogen-bond donors (Lipinski definition) is 1. The smallest absolute Gasteiger partial charge is 0.0718 e. The Morgan fingerprint density at radius 2 is 2.00 bits per heavy atom. The number of benzene rings is 1. The largest absolute Gasteiger partial charge is 0.314 e. The lowest BCUT2D eigenvalue weighted by molar-refractivity contribution is 0.502. The van der Waals surface area contributed by atoms with E-state index in [1.165, 1.54) is 16.6 Å². The molecule has 1 unspecified atom stereocenters. The molecule has 1 heterocycles. The Morgan fingerprint density at radius 3 is 2.67 bits per heavy atom. The van der Waals surface area contributed by atoms with Crippen LogP contribution in [0.3, 0.4) is 0 Å². The van der Waals surface area contributed by atoms with Crippen LogP contribution in [0.5, 0.6) is 0 Å². The number of fused-ring (bicyclic) bond motifs is 1. The number of likely N-dealkylation sites (N-methyl/N-ethyl adjacent to an activating group) is 1. The summed E-state index contributed by atoms with van der Waals surface area (Å²) < 4.78 is 2.10. The highest BCUT2D eigenvalue weighted by atomic mass is 15.3. The summed E-state index contributed by atoms with van der Waals surface area (Å²) in [6.45, 7) is 8.48. The van der Waals surface area contributed by atoms with Crippen LogP contribution in [0.1, 0.15) is 32.9 Å². The van der Waals surface area contributed by atoms with Gasteiger partial charge in [0.1, 0.15) is 0 Å². The molecule has 2 rings (SSSR count). The molecule has 0 bridgehead atoms. The highest BCUT2D eigenvalue weighted by molar-refractivity contribution is 5.82. The minimum Gasteiger partial charge on any atom is -0.314 e. The van der Waals surface area contributed by atoms with Gasteiger partial charge in [-0.2, -0.15) is 5.10 Å². The van der Waals surface area contributed by atoms with Crippen LogP contribution < -0.4 is 5.32 Å². The maximum Gasteiger partial charge on any atom is 0.0718 e. The first kappa shape index (κ1) is 13.1. The Morgan fingerprint density at radius 1 is 1.22 bits per heavy atom. The van der Waals surface area contributed by atoms with Crippen molar-refractivity contribution >= 4 is 10.9 Å². The molecule has 0 spiro atoms. The quantitative estimate of drug-likeness (QED) is 0.848. The normalized spacial score (nSPS) is 13.1. The van der Waals surface area contributed by atoms with Crippen LogP contribution in [0.4, 0.5) is 0 Å². The molecular weight excluding hydrogens is 222 g/mol. The number of aromatic nitrogens is 2. The van der Waals surface area contributed by atoms with Crippen molar-refractivity contribution in [2.75, 3.05) is 6.54 Å². The van der Waals surface area contributed by atoms with Crippen LogP contribution >= 0.6 is 0 Å². The third kappa shape index (κ3) is 2.56. The molecule has 1 aromatic heterocycles. The van der Waals surface area contributed by atoms with E-state index in [-0.39, 0.29) is 0 Å². The van der Waals surface area contributed by atoms with Crippen molar-refractivity contribution < 1.29 is 0 Å². The summed E-state index contributed by atoms with van der Waals surface area (Å²) in [6, 6.07) is 9.05. The summed E-state index contributed by atoms with van der Waals surface area (Å²) >= 11 is 0. The first-order chi connectivity index (χ1) is 8.80. The van der Waals surface area contributed by atoms with Crippen molar-refractivity contribution in [3.8, 4) is 0 Å². The fraction of sp³-hybridized carbons (Fsp3) is 0.533. The molecule has 0 saturated heterocycles. The minimum absolute atomic E-state index is 0.526. The second-order valence-electron chi connectivity index (χ2n) is 4.65. The van der Waals surface area contributed by atoms with Gasteiger partial charge >= 0.3 is 0 Å². The molecule has 1 atom stereocenters. The van der Waals surface area contributed by atoms with Gasteiger partial charge in [-0.25, -0.2) is 0 Å². The van der Waals surface area contributed by atoms with E-state index in [0.717, 1.165) is 25.9 Å². The van der Waals surface area contributed by atoms with E-state index in [1.54, 1.807) is 0 Å². The van der Waals surface area contributed by atoms with E-state index in [4.69, 9.17) is 5.10 Å². The Kier molecular flexibility index (Phi) is 4.37. The van der Waals surface area contributed by atoms with Crippen molar-refractivity contribution in [1.29, 1.82) is 0 Å². The maximum absolute atomic E-state index is 4.75. The predicted molar refractivity (Wildman–Crippen MR) is 76.9 cm³/mol. The van der Waals surface area contributed by atoms with Gasteiger partial charge in [0.05, 0.1) is 11.2 Å². The molecule has 0 saturated carbocycles. The standard InChI is InChI=1S/C15H23N3/c1-4-12(16-5-2)11-14-13-9-7-8-10-15(13)18(6-3)17-14/h7-10,12,16H,4-6,11H2,1-3H3. The lowest BCUT2D eigenvalue weighted by Gasteiger charge is -2.14. The topological polar surface area (TPSA) is 29.9 Å². The molecule has 0 fully saturated rings. The molecule has 98 valence electrons. The highest BCUT2D eigenvalue weighted by Crippen LogP contribution is 2.20. The zero-order valence-corrected chi connectivity index (χ0v) is 11.6. The van der Waals surface area contributed by atoms with Crippen LogP contribution in [0, 0.1) is 0 Å². The van der Waals surface area contributed by atoms with Gasteiger partial charge in [0.2, 0.25) is 0 Å². The Bertz CT molecular complexity index is 501. The maximum atomic E-state index is 4.75. The van der Waals surface area contributed by atoms with Crippen LogP contribution in [0.25, 0.3) is 10.9 Å². The Hall–Kier alpha value is -1.35. The van der Waals surface area contributed by atoms with E-state index >= 15 is 0 Å². The van der Waals surface area contributed by atoms with E-state index in [2.05, 4.69) is 55.0 Å². The third-order valence-electron chi connectivity index (χ3n) is 3.46. The summed E-state index contributed by atoms with van der Waals surface area (Å²) in [5, 5.41) is 9.58. The molecule has 0 aliphatic carbocycles. The van der Waals surface area contributed by atoms with Gasteiger partial charge in [0.25, 0.3) is 0 Å². The zero-order chi connectivity index (χ0) is 13.0. The Balaban J connectivity index is 2.32. The second kappa shape index (κ2) is 6.01. The molecule has 1 N–H and O–H groups in total. The van der Waals surface area contributed by atoms with Crippen molar-refractivity contribution in [3.05, 3.63) is 30.0 Å². The first-order valence-corrected chi connectivity index (χ1v) is 6.97. The van der Waals surface area contributed by atoms with E-state index < -0.39 is 0 Å². The SMILES string of the molecule is CCNC(CC)Cc1nn(CC)c2ccccc12. The van der Waals surface area contributed by atoms with Crippen molar-refractivity contribution in [3.63, 3.8) is 0 Å². The van der Waals surface area contributed by atoms with Gasteiger partial charge in [0, 0.05) is 24.4 Å². The monoisotopic (exact) mass is 245 g/mol. The van der Waals surface area contributed by atoms with E-state index in [1.807, 2.05) is 0 Å². The summed E-state index contributed by atoms with van der Waals surface area (Å²) in [5.74, 6) is 0. The van der Waals surface area contributed by atoms with Crippen molar-refractivity contribution in [2.45, 2.75) is 46.2 Å². The van der Waals surface area contributed by atoms with Crippen LogP contribution in [-0.4, -0.2) is 22.4 Å². The number of nitrogens with one attached hydrogen (secondary N) is 1. The number of nitrogens with zero attached hydrogens (tertiary/aromatic N) is 2. The lowest BCUT2D eigenvalue weighted by Crippen LogP contribution is -2.30. The van der Waals surface area contributed by atoms with Crippen molar-refractivity contribution in [2.24, 2.45) is 0 Å². The average Bonchev–Trinajstić information content (AvgIpc) is 2.76. The van der Waals surface area contributed by atoms with Gasteiger partial charge < -0.3 is 5.32 Å². The summed E-state index contributed by atoms with van der Waals surface area (Å²) in [5.41, 5.74) is 2.47. The third-order valence-corrected chi connectivity index (χ3v) is 3.46. The molecule has 0 radical (unpaired) electrons. The van der Waals surface area contributed by atoms with Crippen LogP contribution in [0.2, 0.25) is 0 Å². The summed E-state index contributed by atoms with van der Waals surface area (Å²) in [7, 11) is 0. The number of rotatable bonds is 6. The molecule has 3 nitrogen and oxygen atoms in total. The van der Waals surface area contributed by atoms with Gasteiger partial charge in [-0.3, -0.25) is 4.68 Å². The molecule has 0 amide bonds. The fourth-order valence-corrected chi connectivity index (χ4v) is 2.47. The van der Waals surface area contributed by atoms with E-state index in [9.17, 15) is 0 Å². The molecular formula is C15H23N3. The minimum atomic E-state index is 0.526. The highest BCUT2D eigenvalue weighted by Gasteiger charge is 2.13. The van der Waals surface area contributed by atoms with Crippen LogP contribution in [-0.2, 0) is 13.0 Å². The molecule has 2 aromatic rings. The fourth-order valence-electron chi connectivity index (χ4n) is 2.47. The van der Waals surface area contributed by atoms with Crippen LogP contribution in [0.15, 0.2) is 24.3 Å². The second-order valence-corrected chi connectivity index (χ2v) is 4.65. The number of aryl methyl sites for hydroxylation is 1. The molecule has 0 aliphatic heterocycles. The van der Waals surface area contributed by atoms with Gasteiger partial charge in [-0.1, -0.05) is 32.0 Å². The zero-order valence-electron chi connectivity index (χ0n) is 11.6. The molecule has 1 aromatic carbocycles. The Labute approximate surface area is 109 Å². The molecule has 18 heavy (non-hydrogen) atoms. The summed E-state index contributed by atoms with van der Waals surface area (Å²) in [4.78, 5) is 0. The number of para-hydroxylation sites is 1. The molecule has 3 heteroatoms. The molecule has 0 aliphatic rings.